The second-order valence-electron chi connectivity index (χ2n) is 5.27. The second kappa shape index (κ2) is 10.8. The van der Waals surface area contributed by atoms with E-state index in [4.69, 9.17) is 32.2 Å². The first kappa shape index (κ1) is 19.3. The van der Waals surface area contributed by atoms with Gasteiger partial charge in [0.25, 0.3) is 0 Å². The summed E-state index contributed by atoms with van der Waals surface area (Å²) >= 11 is 12.4. The van der Waals surface area contributed by atoms with Crippen LogP contribution in [-0.2, 0) is 0 Å². The van der Waals surface area contributed by atoms with Gasteiger partial charge in [-0.1, -0.05) is 73.7 Å². The monoisotopic (exact) mass is 385 g/mol. The van der Waals surface area contributed by atoms with Crippen molar-refractivity contribution in [3.05, 3.63) is 58.6 Å². The molecule has 0 aliphatic carbocycles. The molecule has 0 heterocycles. The summed E-state index contributed by atoms with van der Waals surface area (Å²) in [6.07, 6.45) is 4.70. The van der Waals surface area contributed by atoms with Crippen LogP contribution in [0.1, 0.15) is 32.6 Å². The van der Waals surface area contributed by atoms with Gasteiger partial charge in [0, 0.05) is 6.54 Å². The van der Waals surface area contributed by atoms with Gasteiger partial charge in [-0.05, 0) is 30.7 Å². The van der Waals surface area contributed by atoms with E-state index in [0.29, 0.717) is 21.5 Å². The lowest BCUT2D eigenvalue weighted by Crippen LogP contribution is -2.16. The van der Waals surface area contributed by atoms with Gasteiger partial charge in [-0.15, -0.1) is 0 Å². The maximum absolute atomic E-state index is 6.18. The third-order valence-electron chi connectivity index (χ3n) is 3.31. The maximum atomic E-state index is 6.18. The fourth-order valence-corrected chi connectivity index (χ4v) is 3.66. The molecule has 0 aliphatic rings. The molecule has 2 rings (SSSR count). The van der Waals surface area contributed by atoms with Gasteiger partial charge in [0.15, 0.2) is 0 Å². The van der Waals surface area contributed by atoms with Crippen LogP contribution in [0, 0.1) is 0 Å². The van der Waals surface area contributed by atoms with Crippen molar-refractivity contribution in [2.75, 3.05) is 6.54 Å². The summed E-state index contributed by atoms with van der Waals surface area (Å²) < 4.78 is 11.9. The number of halogens is 2. The summed E-state index contributed by atoms with van der Waals surface area (Å²) in [5.41, 5.74) is 0. The molecule has 0 fully saturated rings. The Balaban J connectivity index is 2.00. The van der Waals surface area contributed by atoms with E-state index < -0.39 is 8.53 Å². The molecule has 1 N–H and O–H groups in total. The summed E-state index contributed by atoms with van der Waals surface area (Å²) in [6, 6.07) is 14.7. The van der Waals surface area contributed by atoms with E-state index in [2.05, 4.69) is 12.0 Å². The van der Waals surface area contributed by atoms with Gasteiger partial charge in [0.2, 0.25) is 0 Å². The zero-order chi connectivity index (χ0) is 17.2. The Morgan fingerprint density at radius 2 is 1.38 bits per heavy atom. The fourth-order valence-electron chi connectivity index (χ4n) is 2.02. The quantitative estimate of drug-likeness (QED) is 0.358. The highest BCUT2D eigenvalue weighted by atomic mass is 35.5. The minimum Gasteiger partial charge on any atom is -0.426 e. The van der Waals surface area contributed by atoms with E-state index >= 15 is 0 Å². The molecular weight excluding hydrogens is 364 g/mol. The number of para-hydroxylation sites is 2. The van der Waals surface area contributed by atoms with Gasteiger partial charge < -0.3 is 9.05 Å². The van der Waals surface area contributed by atoms with E-state index in [1.165, 1.54) is 19.3 Å². The summed E-state index contributed by atoms with van der Waals surface area (Å²) in [4.78, 5) is 0. The van der Waals surface area contributed by atoms with E-state index in [-0.39, 0.29) is 0 Å². The van der Waals surface area contributed by atoms with Crippen LogP contribution in [0.3, 0.4) is 0 Å². The van der Waals surface area contributed by atoms with Crippen molar-refractivity contribution >= 4 is 31.7 Å². The van der Waals surface area contributed by atoms with Gasteiger partial charge in [-0.2, -0.15) is 0 Å². The molecule has 6 heteroatoms. The highest BCUT2D eigenvalue weighted by molar-refractivity contribution is 7.45. The molecule has 0 saturated carbocycles. The third-order valence-corrected chi connectivity index (χ3v) is 5.14. The molecule has 2 aromatic carbocycles. The molecule has 0 radical (unpaired) electrons. The molecule has 3 nitrogen and oxygen atoms in total. The normalized spacial score (nSPS) is 10.8. The largest absolute Gasteiger partial charge is 0.426 e. The lowest BCUT2D eigenvalue weighted by molar-refractivity contribution is 0.471. The standard InChI is InChI=1S/C18H22Cl2NO2P/c1-2-3-4-9-14-21-24(22-17-12-7-5-10-15(17)19)23-18-13-8-6-11-16(18)20/h5-8,10-13,21H,2-4,9,14H2,1H3. The predicted octanol–water partition coefficient (Wildman–Crippen LogP) is 6.85. The Labute approximate surface area is 155 Å². The van der Waals surface area contributed by atoms with Gasteiger partial charge in [0.05, 0.1) is 10.0 Å². The van der Waals surface area contributed by atoms with Crippen molar-refractivity contribution in [2.45, 2.75) is 32.6 Å². The minimum absolute atomic E-state index is 0.556. The number of hydrogen-bond acceptors (Lipinski definition) is 3. The van der Waals surface area contributed by atoms with Crippen LogP contribution in [0.25, 0.3) is 0 Å². The molecule has 0 spiro atoms. The average molecular weight is 386 g/mol. The summed E-state index contributed by atoms with van der Waals surface area (Å²) in [5, 5.41) is 4.45. The van der Waals surface area contributed by atoms with E-state index in [1.807, 2.05) is 36.4 Å². The first-order valence-electron chi connectivity index (χ1n) is 8.09. The van der Waals surface area contributed by atoms with Crippen molar-refractivity contribution in [2.24, 2.45) is 0 Å². The van der Waals surface area contributed by atoms with Crippen LogP contribution in [0.15, 0.2) is 48.5 Å². The lowest BCUT2D eigenvalue weighted by Gasteiger charge is -2.20. The zero-order valence-corrected chi connectivity index (χ0v) is 16.1. The minimum atomic E-state index is -1.39. The first-order chi connectivity index (χ1) is 11.7. The molecule has 2 aromatic rings. The number of benzene rings is 2. The Kier molecular flexibility index (Phi) is 8.69. The molecule has 0 atom stereocenters. The van der Waals surface area contributed by atoms with Crippen LogP contribution in [0.5, 0.6) is 11.5 Å². The van der Waals surface area contributed by atoms with Gasteiger partial charge in [-0.25, -0.2) is 5.09 Å². The Morgan fingerprint density at radius 1 is 0.833 bits per heavy atom. The molecule has 0 amide bonds. The van der Waals surface area contributed by atoms with E-state index in [1.54, 1.807) is 12.1 Å². The number of rotatable bonds is 10. The number of hydrogen-bond donors (Lipinski definition) is 1. The topological polar surface area (TPSA) is 30.5 Å². The van der Waals surface area contributed by atoms with E-state index in [9.17, 15) is 0 Å². The molecule has 0 saturated heterocycles. The zero-order valence-electron chi connectivity index (χ0n) is 13.7. The van der Waals surface area contributed by atoms with Crippen LogP contribution in [-0.4, -0.2) is 6.54 Å². The average Bonchev–Trinajstić information content (AvgIpc) is 2.58. The van der Waals surface area contributed by atoms with Gasteiger partial charge >= 0.3 is 8.53 Å². The summed E-state index contributed by atoms with van der Waals surface area (Å²) in [6.45, 7) is 3.02. The Bertz CT molecular complexity index is 580. The summed E-state index contributed by atoms with van der Waals surface area (Å²) in [5.74, 6) is 1.19. The van der Waals surface area contributed by atoms with Gasteiger partial charge in [0.1, 0.15) is 11.5 Å². The second-order valence-corrected chi connectivity index (χ2v) is 7.28. The Morgan fingerprint density at radius 3 is 1.88 bits per heavy atom. The van der Waals surface area contributed by atoms with Crippen molar-refractivity contribution in [3.8, 4) is 11.5 Å². The fraction of sp³-hybridized carbons (Fsp3) is 0.333. The smallest absolute Gasteiger partial charge is 0.381 e. The van der Waals surface area contributed by atoms with Crippen LogP contribution < -0.4 is 14.1 Å². The molecule has 24 heavy (non-hydrogen) atoms. The molecule has 0 aromatic heterocycles. The molecule has 0 bridgehead atoms. The SMILES string of the molecule is CCCCCCNP(Oc1ccccc1Cl)Oc1ccccc1Cl. The van der Waals surface area contributed by atoms with Crippen molar-refractivity contribution in [1.29, 1.82) is 0 Å². The molecular formula is C18H22Cl2NO2P. The van der Waals surface area contributed by atoms with Crippen LogP contribution in [0.4, 0.5) is 0 Å². The predicted molar refractivity (Wildman–Crippen MR) is 103 cm³/mol. The first-order valence-corrected chi connectivity index (χ1v) is 10.0. The molecule has 0 aliphatic heterocycles. The lowest BCUT2D eigenvalue weighted by atomic mass is 10.2. The van der Waals surface area contributed by atoms with Gasteiger partial charge in [-0.3, -0.25) is 0 Å². The highest BCUT2D eigenvalue weighted by Gasteiger charge is 2.17. The highest BCUT2D eigenvalue weighted by Crippen LogP contribution is 2.41. The maximum Gasteiger partial charge on any atom is 0.381 e. The van der Waals surface area contributed by atoms with Crippen molar-refractivity contribution in [3.63, 3.8) is 0 Å². The summed E-state index contributed by atoms with van der Waals surface area (Å²) in [7, 11) is -1.39. The van der Waals surface area contributed by atoms with E-state index in [0.717, 1.165) is 13.0 Å². The van der Waals surface area contributed by atoms with Crippen molar-refractivity contribution < 1.29 is 9.05 Å². The Hall–Kier alpha value is -0.990. The third kappa shape index (κ3) is 6.49. The number of nitrogens with one attached hydrogen (secondary N) is 1. The van der Waals surface area contributed by atoms with Crippen molar-refractivity contribution in [1.82, 2.24) is 5.09 Å². The molecule has 130 valence electrons. The number of unbranched alkanes of at least 4 members (excludes halogenated alkanes) is 3. The van der Waals surface area contributed by atoms with Crippen LogP contribution >= 0.6 is 31.7 Å². The molecule has 0 unspecified atom stereocenters. The van der Waals surface area contributed by atoms with Crippen LogP contribution in [0.2, 0.25) is 10.0 Å².